The number of amides is 1. The van der Waals surface area contributed by atoms with Gasteiger partial charge in [0.05, 0.1) is 0 Å². The quantitative estimate of drug-likeness (QED) is 0.636. The van der Waals surface area contributed by atoms with Gasteiger partial charge in [-0.05, 0) is 56.4 Å². The van der Waals surface area contributed by atoms with Crippen molar-refractivity contribution in [3.63, 3.8) is 0 Å². The van der Waals surface area contributed by atoms with Crippen LogP contribution in [0.1, 0.15) is 36.6 Å². The molecule has 0 fully saturated rings. The molecule has 3 nitrogen and oxygen atoms in total. The average molecular weight is 356 g/mol. The lowest BCUT2D eigenvalue weighted by Gasteiger charge is -2.31. The number of hydrogen-bond acceptors (Lipinski definition) is 1. The molecular weight excluding hydrogens is 332 g/mol. The number of carbonyl (C=O) groups excluding carboxylic acids is 1. The minimum Gasteiger partial charge on any atom is -0.344 e. The van der Waals surface area contributed by atoms with E-state index in [9.17, 15) is 4.79 Å². The number of rotatable bonds is 2. The smallest absolute Gasteiger partial charge is 0.254 e. The summed E-state index contributed by atoms with van der Waals surface area (Å²) in [5.74, 6) is 0.182. The summed E-state index contributed by atoms with van der Waals surface area (Å²) in [6, 6.07) is 16.9. The van der Waals surface area contributed by atoms with Gasteiger partial charge >= 0.3 is 0 Å². The molecule has 0 saturated heterocycles. The van der Waals surface area contributed by atoms with Gasteiger partial charge in [-0.1, -0.05) is 36.4 Å². The number of aryl methyl sites for hydroxylation is 2. The van der Waals surface area contributed by atoms with Crippen LogP contribution in [-0.4, -0.2) is 17.0 Å². The Morgan fingerprint density at radius 3 is 2.70 bits per heavy atom. The molecule has 0 atom stereocenters. The molecule has 2 heterocycles. The number of anilines is 1. The Labute approximate surface area is 159 Å². The number of carbonyl (C=O) groups is 1. The molecule has 0 radical (unpaired) electrons. The third-order valence-electron chi connectivity index (χ3n) is 6.02. The molecule has 0 bridgehead atoms. The largest absolute Gasteiger partial charge is 0.344 e. The van der Waals surface area contributed by atoms with E-state index >= 15 is 0 Å². The highest BCUT2D eigenvalue weighted by Crippen LogP contribution is 2.35. The van der Waals surface area contributed by atoms with Crippen LogP contribution in [0.25, 0.3) is 17.0 Å². The molecule has 0 N–H and O–H groups in total. The molecular formula is C24H24N2O. The molecule has 1 amide bonds. The van der Waals surface area contributed by atoms with E-state index in [0.29, 0.717) is 0 Å². The summed E-state index contributed by atoms with van der Waals surface area (Å²) >= 11 is 0. The average Bonchev–Trinajstić information content (AvgIpc) is 3.05. The van der Waals surface area contributed by atoms with E-state index in [2.05, 4.69) is 60.0 Å². The van der Waals surface area contributed by atoms with Crippen molar-refractivity contribution >= 4 is 28.6 Å². The number of para-hydroxylation sites is 2. The first-order valence-corrected chi connectivity index (χ1v) is 9.98. The van der Waals surface area contributed by atoms with Crippen molar-refractivity contribution in [3.05, 3.63) is 70.9 Å². The summed E-state index contributed by atoms with van der Waals surface area (Å²) < 4.78 is 2.40. The molecule has 3 aromatic rings. The summed E-state index contributed by atoms with van der Waals surface area (Å²) in [5.41, 5.74) is 7.21. The molecule has 0 unspecified atom stereocenters. The highest BCUT2D eigenvalue weighted by atomic mass is 16.2. The molecule has 2 aromatic carbocycles. The Morgan fingerprint density at radius 2 is 1.81 bits per heavy atom. The SMILES string of the molecule is CCn1c2c(c3ccccc31)C=C(C(=O)N1CCCc3ccccc31)CC2. The van der Waals surface area contributed by atoms with Gasteiger partial charge in [-0.3, -0.25) is 4.79 Å². The molecule has 3 heteroatoms. The van der Waals surface area contributed by atoms with Gasteiger partial charge in [-0.25, -0.2) is 0 Å². The van der Waals surface area contributed by atoms with Crippen molar-refractivity contribution in [2.45, 2.75) is 39.2 Å². The van der Waals surface area contributed by atoms with Crippen molar-refractivity contribution in [1.82, 2.24) is 4.57 Å². The van der Waals surface area contributed by atoms with E-state index in [0.717, 1.165) is 50.0 Å². The van der Waals surface area contributed by atoms with E-state index in [1.165, 1.54) is 27.7 Å². The first kappa shape index (κ1) is 16.4. The predicted molar refractivity (Wildman–Crippen MR) is 111 cm³/mol. The standard InChI is InChI=1S/C24H24N2O/c1-2-25-22-12-6-4-10-19(22)20-16-18(13-14-23(20)25)24(27)26-15-7-9-17-8-3-5-11-21(17)26/h3-6,8,10-12,16H,2,7,9,13-15H2,1H3. The van der Waals surface area contributed by atoms with Gasteiger partial charge in [0.2, 0.25) is 0 Å². The minimum absolute atomic E-state index is 0.182. The van der Waals surface area contributed by atoms with Gasteiger partial charge in [-0.15, -0.1) is 0 Å². The van der Waals surface area contributed by atoms with Crippen LogP contribution >= 0.6 is 0 Å². The van der Waals surface area contributed by atoms with Gasteiger partial charge in [-0.2, -0.15) is 0 Å². The van der Waals surface area contributed by atoms with Crippen LogP contribution in [0.4, 0.5) is 5.69 Å². The summed E-state index contributed by atoms with van der Waals surface area (Å²) in [6.45, 7) is 3.98. The number of benzene rings is 2. The van der Waals surface area contributed by atoms with Gasteiger partial charge in [0.1, 0.15) is 0 Å². The zero-order valence-corrected chi connectivity index (χ0v) is 15.7. The molecule has 2 aliphatic rings. The van der Waals surface area contributed by atoms with E-state index in [4.69, 9.17) is 0 Å². The molecule has 1 aromatic heterocycles. The van der Waals surface area contributed by atoms with E-state index in [1.54, 1.807) is 0 Å². The van der Waals surface area contributed by atoms with Crippen molar-refractivity contribution < 1.29 is 4.79 Å². The zero-order valence-electron chi connectivity index (χ0n) is 15.7. The highest BCUT2D eigenvalue weighted by molar-refractivity contribution is 6.10. The molecule has 0 saturated carbocycles. The zero-order chi connectivity index (χ0) is 18.4. The maximum Gasteiger partial charge on any atom is 0.254 e. The maximum absolute atomic E-state index is 13.4. The van der Waals surface area contributed by atoms with E-state index in [-0.39, 0.29) is 5.91 Å². The fourth-order valence-electron chi connectivity index (χ4n) is 4.76. The van der Waals surface area contributed by atoms with Crippen LogP contribution in [0, 0.1) is 0 Å². The monoisotopic (exact) mass is 356 g/mol. The van der Waals surface area contributed by atoms with Crippen molar-refractivity contribution in [2.24, 2.45) is 0 Å². The lowest BCUT2D eigenvalue weighted by molar-refractivity contribution is -0.115. The minimum atomic E-state index is 0.182. The summed E-state index contributed by atoms with van der Waals surface area (Å²) in [6.07, 6.45) is 6.02. The van der Waals surface area contributed by atoms with E-state index in [1.807, 2.05) is 11.0 Å². The molecule has 1 aliphatic carbocycles. The van der Waals surface area contributed by atoms with Crippen LogP contribution in [0.5, 0.6) is 0 Å². The van der Waals surface area contributed by atoms with E-state index < -0.39 is 0 Å². The molecule has 5 rings (SSSR count). The predicted octanol–water partition coefficient (Wildman–Crippen LogP) is 4.97. The Morgan fingerprint density at radius 1 is 1.00 bits per heavy atom. The number of nitrogens with zero attached hydrogens (tertiary/aromatic N) is 2. The summed E-state index contributed by atoms with van der Waals surface area (Å²) in [4.78, 5) is 15.4. The normalized spacial score (nSPS) is 16.0. The molecule has 1 aliphatic heterocycles. The van der Waals surface area contributed by atoms with Crippen molar-refractivity contribution in [2.75, 3.05) is 11.4 Å². The second-order valence-corrected chi connectivity index (χ2v) is 7.48. The van der Waals surface area contributed by atoms with Crippen LogP contribution in [-0.2, 0) is 24.2 Å². The Balaban J connectivity index is 1.58. The van der Waals surface area contributed by atoms with Crippen molar-refractivity contribution in [1.29, 1.82) is 0 Å². The third kappa shape index (κ3) is 2.53. The summed E-state index contributed by atoms with van der Waals surface area (Å²) in [7, 11) is 0. The number of aromatic nitrogens is 1. The van der Waals surface area contributed by atoms with Gasteiger partial charge < -0.3 is 9.47 Å². The second kappa shape index (κ2) is 6.41. The third-order valence-corrected chi connectivity index (χ3v) is 6.02. The number of fused-ring (bicyclic) bond motifs is 4. The Bertz CT molecular complexity index is 1070. The highest BCUT2D eigenvalue weighted by Gasteiger charge is 2.28. The molecule has 0 spiro atoms. The fraction of sp³-hybridized carbons (Fsp3) is 0.292. The van der Waals surface area contributed by atoms with Gasteiger partial charge in [0.25, 0.3) is 5.91 Å². The van der Waals surface area contributed by atoms with Crippen LogP contribution in [0.2, 0.25) is 0 Å². The lowest BCUT2D eigenvalue weighted by atomic mass is 9.93. The first-order valence-electron chi connectivity index (χ1n) is 9.98. The second-order valence-electron chi connectivity index (χ2n) is 7.48. The summed E-state index contributed by atoms with van der Waals surface area (Å²) in [5, 5.41) is 1.26. The maximum atomic E-state index is 13.4. The van der Waals surface area contributed by atoms with Crippen LogP contribution in [0.3, 0.4) is 0 Å². The first-order chi connectivity index (χ1) is 13.3. The Kier molecular flexibility index (Phi) is 3.89. The van der Waals surface area contributed by atoms with Crippen LogP contribution < -0.4 is 4.90 Å². The molecule has 136 valence electrons. The molecule has 27 heavy (non-hydrogen) atoms. The lowest BCUT2D eigenvalue weighted by Crippen LogP contribution is -2.36. The van der Waals surface area contributed by atoms with Crippen molar-refractivity contribution in [3.8, 4) is 0 Å². The number of hydrogen-bond donors (Lipinski definition) is 0. The Hall–Kier alpha value is -2.81. The van der Waals surface area contributed by atoms with Gasteiger partial charge in [0.15, 0.2) is 0 Å². The fourth-order valence-corrected chi connectivity index (χ4v) is 4.76. The van der Waals surface area contributed by atoms with Gasteiger partial charge in [0, 0.05) is 46.5 Å². The topological polar surface area (TPSA) is 25.2 Å². The van der Waals surface area contributed by atoms with Crippen LogP contribution in [0.15, 0.2) is 54.1 Å².